The van der Waals surface area contributed by atoms with E-state index in [0.717, 1.165) is 22.4 Å². The molecule has 1 saturated heterocycles. The van der Waals surface area contributed by atoms with E-state index >= 15 is 0 Å². The normalized spacial score (nSPS) is 14.6. The average Bonchev–Trinajstić information content (AvgIpc) is 3.09. The molecule has 3 aromatic rings. The van der Waals surface area contributed by atoms with Gasteiger partial charge < -0.3 is 10.1 Å². The van der Waals surface area contributed by atoms with Crippen molar-refractivity contribution >= 4 is 69.2 Å². The van der Waals surface area contributed by atoms with Gasteiger partial charge in [-0.05, 0) is 67.4 Å². The minimum Gasteiger partial charge on any atom is -0.484 e. The maximum atomic E-state index is 12.9. The second-order valence-corrected chi connectivity index (χ2v) is 9.83. The number of aryl methyl sites for hydroxylation is 2. The van der Waals surface area contributed by atoms with E-state index in [1.165, 1.54) is 11.8 Å². The summed E-state index contributed by atoms with van der Waals surface area (Å²) in [4.78, 5) is 27.2. The number of anilines is 2. The van der Waals surface area contributed by atoms with Crippen LogP contribution in [-0.4, -0.2) is 22.7 Å². The molecule has 0 radical (unpaired) electrons. The van der Waals surface area contributed by atoms with Crippen molar-refractivity contribution in [2.24, 2.45) is 0 Å². The van der Waals surface area contributed by atoms with Crippen molar-refractivity contribution in [2.75, 3.05) is 16.8 Å². The van der Waals surface area contributed by atoms with Crippen LogP contribution in [0.1, 0.15) is 16.7 Å². The van der Waals surface area contributed by atoms with Crippen LogP contribution < -0.4 is 15.0 Å². The summed E-state index contributed by atoms with van der Waals surface area (Å²) in [6.45, 7) is 3.74. The Kier molecular flexibility index (Phi) is 7.36. The zero-order valence-corrected chi connectivity index (χ0v) is 20.9. The first-order valence-electron chi connectivity index (χ1n) is 10.4. The summed E-state index contributed by atoms with van der Waals surface area (Å²) in [7, 11) is 0. The lowest BCUT2D eigenvalue weighted by molar-refractivity contribution is -0.118. The van der Waals surface area contributed by atoms with E-state index in [1.54, 1.807) is 35.2 Å². The Bertz CT molecular complexity index is 1290. The van der Waals surface area contributed by atoms with Crippen molar-refractivity contribution in [1.82, 2.24) is 0 Å². The van der Waals surface area contributed by atoms with Gasteiger partial charge in [-0.2, -0.15) is 0 Å². The highest BCUT2D eigenvalue weighted by Gasteiger charge is 2.33. The molecule has 0 aromatic heterocycles. The summed E-state index contributed by atoms with van der Waals surface area (Å²) < 4.78 is 6.09. The second kappa shape index (κ2) is 10.4. The topological polar surface area (TPSA) is 58.6 Å². The average molecular weight is 509 g/mol. The zero-order chi connectivity index (χ0) is 24.2. The van der Waals surface area contributed by atoms with Crippen molar-refractivity contribution in [2.45, 2.75) is 13.8 Å². The molecule has 34 heavy (non-hydrogen) atoms. The van der Waals surface area contributed by atoms with Gasteiger partial charge in [0.05, 0.1) is 10.6 Å². The highest BCUT2D eigenvalue weighted by atomic mass is 35.5. The van der Waals surface area contributed by atoms with Gasteiger partial charge in [0.2, 0.25) is 0 Å². The molecule has 2 amide bonds. The quantitative estimate of drug-likeness (QED) is 0.309. The lowest BCUT2D eigenvalue weighted by atomic mass is 10.2. The van der Waals surface area contributed by atoms with Crippen LogP contribution in [0.15, 0.2) is 71.6 Å². The van der Waals surface area contributed by atoms with Crippen LogP contribution in [0.3, 0.4) is 0 Å². The van der Waals surface area contributed by atoms with Crippen LogP contribution >= 0.6 is 35.6 Å². The van der Waals surface area contributed by atoms with Gasteiger partial charge in [-0.3, -0.25) is 14.5 Å². The number of benzene rings is 3. The number of hydrogen-bond acceptors (Lipinski definition) is 5. The summed E-state index contributed by atoms with van der Waals surface area (Å²) in [6, 6.07) is 20.1. The molecular weight excluding hydrogens is 488 g/mol. The summed E-state index contributed by atoms with van der Waals surface area (Å²) in [6.07, 6.45) is 1.80. The number of carbonyl (C=O) groups excluding carboxylic acids is 2. The van der Waals surface area contributed by atoms with Gasteiger partial charge in [0.25, 0.3) is 11.8 Å². The van der Waals surface area contributed by atoms with E-state index in [9.17, 15) is 9.59 Å². The molecule has 1 aliphatic heterocycles. The molecule has 5 nitrogen and oxygen atoms in total. The predicted molar refractivity (Wildman–Crippen MR) is 144 cm³/mol. The van der Waals surface area contributed by atoms with Gasteiger partial charge in [-0.15, -0.1) is 0 Å². The summed E-state index contributed by atoms with van der Waals surface area (Å²) in [5.74, 6) is 0.115. The lowest BCUT2D eigenvalue weighted by Crippen LogP contribution is -2.27. The molecule has 1 heterocycles. The third kappa shape index (κ3) is 5.67. The van der Waals surface area contributed by atoms with E-state index in [1.807, 2.05) is 56.3 Å². The third-order valence-corrected chi connectivity index (χ3v) is 6.64. The van der Waals surface area contributed by atoms with E-state index in [-0.39, 0.29) is 18.4 Å². The number of thioether (sulfide) groups is 1. The van der Waals surface area contributed by atoms with Crippen LogP contribution in [0.5, 0.6) is 5.75 Å². The first-order chi connectivity index (χ1) is 16.3. The first-order valence-corrected chi connectivity index (χ1v) is 12.0. The molecule has 1 aliphatic rings. The van der Waals surface area contributed by atoms with E-state index in [4.69, 9.17) is 28.6 Å². The van der Waals surface area contributed by atoms with Crippen LogP contribution in [0.4, 0.5) is 11.4 Å². The molecule has 4 rings (SSSR count). The lowest BCUT2D eigenvalue weighted by Gasteiger charge is -2.14. The highest BCUT2D eigenvalue weighted by molar-refractivity contribution is 8.27. The molecule has 1 N–H and O–H groups in total. The maximum absolute atomic E-state index is 12.9. The molecular formula is C26H21ClN2O3S2. The standard InChI is InChI=1S/C26H21ClN2O3S2/c1-16-3-9-20(10-4-16)29-25(31)23(34-26(29)33)13-18-6-11-21(12-7-18)32-15-24(30)28-22-14-19(27)8-5-17(22)2/h3-14H,15H2,1-2H3,(H,28,30)/b23-13-. The Balaban J connectivity index is 1.37. The SMILES string of the molecule is Cc1ccc(N2C(=O)/C(=C/c3ccc(OCC(=O)Nc4cc(Cl)ccc4C)cc3)SC2=S)cc1. The Hall–Kier alpha value is -3.13. The number of nitrogens with zero attached hydrogens (tertiary/aromatic N) is 1. The summed E-state index contributed by atoms with van der Waals surface area (Å²) in [5, 5.41) is 3.34. The van der Waals surface area contributed by atoms with Crippen LogP contribution in [0.25, 0.3) is 6.08 Å². The number of ether oxygens (including phenoxy) is 1. The fourth-order valence-electron chi connectivity index (χ4n) is 3.26. The Morgan fingerprint density at radius 3 is 2.50 bits per heavy atom. The van der Waals surface area contributed by atoms with Crippen LogP contribution in [0, 0.1) is 13.8 Å². The molecule has 0 atom stereocenters. The van der Waals surface area contributed by atoms with Gasteiger partial charge in [-0.1, -0.05) is 71.5 Å². The minimum absolute atomic E-state index is 0.138. The van der Waals surface area contributed by atoms with Gasteiger partial charge in [0, 0.05) is 10.7 Å². The molecule has 0 aliphatic carbocycles. The van der Waals surface area contributed by atoms with Crippen molar-refractivity contribution in [3.05, 3.63) is 93.3 Å². The number of amides is 2. The van der Waals surface area contributed by atoms with Crippen molar-refractivity contribution < 1.29 is 14.3 Å². The molecule has 1 fully saturated rings. The zero-order valence-electron chi connectivity index (χ0n) is 18.5. The predicted octanol–water partition coefficient (Wildman–Crippen LogP) is 6.38. The summed E-state index contributed by atoms with van der Waals surface area (Å²) in [5.41, 5.74) is 4.26. The molecule has 172 valence electrons. The monoisotopic (exact) mass is 508 g/mol. The molecule has 8 heteroatoms. The van der Waals surface area contributed by atoms with Gasteiger partial charge in [-0.25, -0.2) is 0 Å². The van der Waals surface area contributed by atoms with Gasteiger partial charge in [0.1, 0.15) is 5.75 Å². The minimum atomic E-state index is -0.283. The number of rotatable bonds is 6. The van der Waals surface area contributed by atoms with Crippen LogP contribution in [-0.2, 0) is 9.59 Å². The molecule has 0 saturated carbocycles. The number of carbonyl (C=O) groups is 2. The van der Waals surface area contributed by atoms with E-state index in [2.05, 4.69) is 5.32 Å². The van der Waals surface area contributed by atoms with Gasteiger partial charge >= 0.3 is 0 Å². The molecule has 0 spiro atoms. The second-order valence-electron chi connectivity index (χ2n) is 7.72. The van der Waals surface area contributed by atoms with E-state index < -0.39 is 0 Å². The fourth-order valence-corrected chi connectivity index (χ4v) is 4.73. The first kappa shape index (κ1) is 24.0. The smallest absolute Gasteiger partial charge is 0.270 e. The van der Waals surface area contributed by atoms with Gasteiger partial charge in [0.15, 0.2) is 10.9 Å². The van der Waals surface area contributed by atoms with Crippen molar-refractivity contribution in [3.63, 3.8) is 0 Å². The number of thiocarbonyl (C=S) groups is 1. The number of nitrogens with one attached hydrogen (secondary N) is 1. The Morgan fingerprint density at radius 1 is 1.09 bits per heavy atom. The molecule has 0 bridgehead atoms. The van der Waals surface area contributed by atoms with Crippen molar-refractivity contribution in [3.8, 4) is 5.75 Å². The van der Waals surface area contributed by atoms with Crippen molar-refractivity contribution in [1.29, 1.82) is 0 Å². The summed E-state index contributed by atoms with van der Waals surface area (Å²) >= 11 is 12.7. The third-order valence-electron chi connectivity index (χ3n) is 5.11. The Labute approximate surface area is 212 Å². The fraction of sp³-hybridized carbons (Fsp3) is 0.115. The highest BCUT2D eigenvalue weighted by Crippen LogP contribution is 2.36. The largest absolute Gasteiger partial charge is 0.484 e. The van der Waals surface area contributed by atoms with E-state index in [0.29, 0.717) is 25.7 Å². The number of halogens is 1. The molecule has 3 aromatic carbocycles. The van der Waals surface area contributed by atoms with Crippen LogP contribution in [0.2, 0.25) is 5.02 Å². The maximum Gasteiger partial charge on any atom is 0.270 e. The number of hydrogen-bond donors (Lipinski definition) is 1. The Morgan fingerprint density at radius 2 is 1.79 bits per heavy atom. The molecule has 0 unspecified atom stereocenters.